The summed E-state index contributed by atoms with van der Waals surface area (Å²) < 4.78 is 2.82. The highest BCUT2D eigenvalue weighted by Crippen LogP contribution is 2.54. The van der Waals surface area contributed by atoms with E-state index in [1.807, 2.05) is 11.3 Å². The maximum atomic E-state index is 2.49. The van der Waals surface area contributed by atoms with Crippen molar-refractivity contribution in [1.82, 2.24) is 0 Å². The molecule has 24 heavy (non-hydrogen) atoms. The quantitative estimate of drug-likeness (QED) is 0.367. The molecule has 1 heteroatoms. The Balaban J connectivity index is 1.94. The molecule has 0 radical (unpaired) electrons. The standard InChI is InChI=1S/C23H20S/c1-3-23(4-2)19-11-7-5-9-15(19)17-13-18-16-10-6-8-12-21(16)24-22(18)14-20(17)23/h5-14H,3-4H2,1-2H3. The number of rotatable bonds is 2. The van der Waals surface area contributed by atoms with Gasteiger partial charge in [-0.25, -0.2) is 0 Å². The zero-order valence-corrected chi connectivity index (χ0v) is 14.9. The summed E-state index contributed by atoms with van der Waals surface area (Å²) >= 11 is 1.93. The minimum atomic E-state index is 0.177. The van der Waals surface area contributed by atoms with Gasteiger partial charge in [0.25, 0.3) is 0 Å². The number of benzene rings is 3. The summed E-state index contributed by atoms with van der Waals surface area (Å²) in [4.78, 5) is 0. The van der Waals surface area contributed by atoms with Gasteiger partial charge in [0.1, 0.15) is 0 Å². The molecule has 118 valence electrons. The second-order valence-corrected chi connectivity index (χ2v) is 7.91. The number of hydrogen-bond acceptors (Lipinski definition) is 1. The fourth-order valence-electron chi connectivity index (χ4n) is 4.68. The Kier molecular flexibility index (Phi) is 2.93. The molecule has 1 heterocycles. The van der Waals surface area contributed by atoms with Gasteiger partial charge in [0, 0.05) is 25.6 Å². The first-order valence-electron chi connectivity index (χ1n) is 8.84. The average molecular weight is 328 g/mol. The highest BCUT2D eigenvalue weighted by molar-refractivity contribution is 7.25. The van der Waals surface area contributed by atoms with Crippen LogP contribution in [-0.4, -0.2) is 0 Å². The smallest absolute Gasteiger partial charge is 0.0358 e. The van der Waals surface area contributed by atoms with Crippen LogP contribution in [0.15, 0.2) is 60.7 Å². The Labute approximate surface area is 146 Å². The first kappa shape index (κ1) is 14.2. The summed E-state index contributed by atoms with van der Waals surface area (Å²) in [6.07, 6.45) is 2.31. The molecule has 4 aromatic rings. The van der Waals surface area contributed by atoms with Crippen molar-refractivity contribution < 1.29 is 0 Å². The normalized spacial score (nSPS) is 14.9. The van der Waals surface area contributed by atoms with Crippen LogP contribution in [0.1, 0.15) is 37.8 Å². The summed E-state index contributed by atoms with van der Waals surface area (Å²) in [5.41, 5.74) is 6.12. The molecule has 1 aromatic heterocycles. The molecule has 0 saturated carbocycles. The summed E-state index contributed by atoms with van der Waals surface area (Å²) in [7, 11) is 0. The van der Waals surface area contributed by atoms with E-state index in [1.54, 1.807) is 0 Å². The Bertz CT molecular complexity index is 1080. The van der Waals surface area contributed by atoms with Crippen molar-refractivity contribution in [3.05, 3.63) is 71.8 Å². The lowest BCUT2D eigenvalue weighted by Gasteiger charge is -2.29. The number of thiophene rings is 1. The molecule has 0 nitrogen and oxygen atoms in total. The van der Waals surface area contributed by atoms with Gasteiger partial charge in [0.15, 0.2) is 0 Å². The Morgan fingerprint density at radius 1 is 0.708 bits per heavy atom. The van der Waals surface area contributed by atoms with Crippen LogP contribution in [-0.2, 0) is 5.41 Å². The van der Waals surface area contributed by atoms with Crippen LogP contribution >= 0.6 is 11.3 Å². The van der Waals surface area contributed by atoms with Gasteiger partial charge in [-0.05, 0) is 53.3 Å². The van der Waals surface area contributed by atoms with Crippen molar-refractivity contribution in [1.29, 1.82) is 0 Å². The molecule has 0 saturated heterocycles. The van der Waals surface area contributed by atoms with Crippen LogP contribution in [0.5, 0.6) is 0 Å². The van der Waals surface area contributed by atoms with Crippen LogP contribution in [0, 0.1) is 0 Å². The highest BCUT2D eigenvalue weighted by Gasteiger charge is 2.40. The average Bonchev–Trinajstić information content (AvgIpc) is 3.13. The van der Waals surface area contributed by atoms with Gasteiger partial charge < -0.3 is 0 Å². The molecule has 1 aliphatic rings. The van der Waals surface area contributed by atoms with Crippen molar-refractivity contribution in [2.24, 2.45) is 0 Å². The van der Waals surface area contributed by atoms with Crippen molar-refractivity contribution in [2.45, 2.75) is 32.1 Å². The van der Waals surface area contributed by atoms with E-state index in [-0.39, 0.29) is 5.41 Å². The molecule has 0 amide bonds. The summed E-state index contributed by atoms with van der Waals surface area (Å²) in [6, 6.07) is 22.8. The fourth-order valence-corrected chi connectivity index (χ4v) is 5.81. The molecule has 0 bridgehead atoms. The van der Waals surface area contributed by atoms with Crippen molar-refractivity contribution >= 4 is 31.5 Å². The Morgan fingerprint density at radius 2 is 1.46 bits per heavy atom. The lowest BCUT2D eigenvalue weighted by Crippen LogP contribution is -2.22. The minimum absolute atomic E-state index is 0.177. The molecule has 0 N–H and O–H groups in total. The molecule has 5 rings (SSSR count). The van der Waals surface area contributed by atoms with Crippen LogP contribution in [0.2, 0.25) is 0 Å². The second kappa shape index (κ2) is 4.94. The lowest BCUT2D eigenvalue weighted by atomic mass is 9.74. The monoisotopic (exact) mass is 328 g/mol. The van der Waals surface area contributed by atoms with Crippen molar-refractivity contribution in [2.75, 3.05) is 0 Å². The molecule has 0 aliphatic heterocycles. The van der Waals surface area contributed by atoms with Crippen LogP contribution < -0.4 is 0 Å². The van der Waals surface area contributed by atoms with Gasteiger partial charge in [-0.2, -0.15) is 0 Å². The van der Waals surface area contributed by atoms with Gasteiger partial charge in [-0.3, -0.25) is 0 Å². The van der Waals surface area contributed by atoms with E-state index in [0.717, 1.165) is 12.8 Å². The van der Waals surface area contributed by atoms with Crippen LogP contribution in [0.4, 0.5) is 0 Å². The van der Waals surface area contributed by atoms with Crippen LogP contribution in [0.25, 0.3) is 31.3 Å². The van der Waals surface area contributed by atoms with Gasteiger partial charge in [0.2, 0.25) is 0 Å². The Hall–Kier alpha value is -2.12. The predicted molar refractivity (Wildman–Crippen MR) is 106 cm³/mol. The SMILES string of the molecule is CCC1(CC)c2ccccc2-c2cc3c(cc21)sc1ccccc13. The predicted octanol–water partition coefficient (Wildman–Crippen LogP) is 7.14. The van der Waals surface area contributed by atoms with Crippen molar-refractivity contribution in [3.8, 4) is 11.1 Å². The topological polar surface area (TPSA) is 0 Å². The maximum Gasteiger partial charge on any atom is 0.0358 e. The summed E-state index contributed by atoms with van der Waals surface area (Å²) in [5.74, 6) is 0. The van der Waals surface area contributed by atoms with E-state index >= 15 is 0 Å². The molecular formula is C23H20S. The summed E-state index contributed by atoms with van der Waals surface area (Å²) in [5, 5.41) is 2.80. The number of fused-ring (bicyclic) bond motifs is 6. The van der Waals surface area contributed by atoms with Gasteiger partial charge >= 0.3 is 0 Å². The third kappa shape index (κ3) is 1.63. The first-order valence-corrected chi connectivity index (χ1v) is 9.66. The summed E-state index contributed by atoms with van der Waals surface area (Å²) in [6.45, 7) is 4.68. The van der Waals surface area contributed by atoms with Gasteiger partial charge in [-0.15, -0.1) is 11.3 Å². The van der Waals surface area contributed by atoms with Crippen molar-refractivity contribution in [3.63, 3.8) is 0 Å². The highest BCUT2D eigenvalue weighted by atomic mass is 32.1. The molecule has 0 fully saturated rings. The molecule has 0 unspecified atom stereocenters. The molecular weight excluding hydrogens is 308 g/mol. The second-order valence-electron chi connectivity index (χ2n) is 6.83. The first-order chi connectivity index (χ1) is 11.8. The fraction of sp³-hybridized carbons (Fsp3) is 0.217. The Morgan fingerprint density at radius 3 is 2.29 bits per heavy atom. The minimum Gasteiger partial charge on any atom is -0.135 e. The molecule has 1 aliphatic carbocycles. The van der Waals surface area contributed by atoms with E-state index in [1.165, 1.54) is 42.4 Å². The van der Waals surface area contributed by atoms with E-state index in [9.17, 15) is 0 Å². The van der Waals surface area contributed by atoms with Gasteiger partial charge in [0.05, 0.1) is 0 Å². The number of hydrogen-bond donors (Lipinski definition) is 0. The molecule has 3 aromatic carbocycles. The third-order valence-electron chi connectivity index (χ3n) is 5.97. The zero-order chi connectivity index (χ0) is 16.3. The molecule has 0 atom stereocenters. The van der Waals surface area contributed by atoms with E-state index in [0.29, 0.717) is 0 Å². The van der Waals surface area contributed by atoms with E-state index in [4.69, 9.17) is 0 Å². The van der Waals surface area contributed by atoms with Gasteiger partial charge in [-0.1, -0.05) is 56.3 Å². The lowest BCUT2D eigenvalue weighted by molar-refractivity contribution is 0.491. The van der Waals surface area contributed by atoms with E-state index < -0.39 is 0 Å². The zero-order valence-electron chi connectivity index (χ0n) is 14.1. The maximum absolute atomic E-state index is 2.49. The largest absolute Gasteiger partial charge is 0.135 e. The van der Waals surface area contributed by atoms with Crippen LogP contribution in [0.3, 0.4) is 0 Å². The molecule has 0 spiro atoms. The third-order valence-corrected chi connectivity index (χ3v) is 7.11. The van der Waals surface area contributed by atoms with E-state index in [2.05, 4.69) is 74.5 Å².